The molecule has 10 heavy (non-hydrogen) atoms. The molecule has 0 radical (unpaired) electrons. The van der Waals surface area contributed by atoms with Crippen molar-refractivity contribution in [3.8, 4) is 0 Å². The van der Waals surface area contributed by atoms with E-state index in [1.54, 1.807) is 6.07 Å². The van der Waals surface area contributed by atoms with Gasteiger partial charge in [-0.25, -0.2) is 0 Å². The summed E-state index contributed by atoms with van der Waals surface area (Å²) in [5, 5.41) is 9.48. The second kappa shape index (κ2) is 3.08. The Morgan fingerprint density at radius 2 is 2.20 bits per heavy atom. The lowest BCUT2D eigenvalue weighted by Gasteiger charge is -2.00. The summed E-state index contributed by atoms with van der Waals surface area (Å²) in [6.07, 6.45) is 0. The number of aliphatic hydroxyl groups excluding tert-OH is 1. The molecule has 0 aromatic heterocycles. The zero-order valence-electron chi connectivity index (χ0n) is 5.76. The molecule has 0 saturated carbocycles. The van der Waals surface area contributed by atoms with E-state index < -0.39 is 0 Å². The number of hydrogen-bond donors (Lipinski definition) is 1. The van der Waals surface area contributed by atoms with E-state index in [2.05, 4.69) is 0 Å². The minimum absolute atomic E-state index is 0.0863. The summed E-state index contributed by atoms with van der Waals surface area (Å²) in [4.78, 5) is 0. The molecule has 0 aliphatic rings. The third-order valence-corrected chi connectivity index (χ3v) is 1.71. The first kappa shape index (κ1) is 7.64. The van der Waals surface area contributed by atoms with Crippen LogP contribution in [0.2, 0.25) is 5.02 Å². The number of rotatable bonds is 1. The maximum atomic E-state index is 8.77. The topological polar surface area (TPSA) is 20.2 Å². The predicted octanol–water partition coefficient (Wildman–Crippen LogP) is 0.0907. The van der Waals surface area contributed by atoms with Gasteiger partial charge in [-0.2, -0.15) is 0 Å². The molecule has 0 atom stereocenters. The Morgan fingerprint density at radius 1 is 1.50 bits per heavy atom. The number of halogens is 1. The van der Waals surface area contributed by atoms with E-state index in [1.165, 1.54) is 0 Å². The minimum atomic E-state index is 0.0863. The van der Waals surface area contributed by atoms with E-state index in [-0.39, 0.29) is 6.61 Å². The van der Waals surface area contributed by atoms with Gasteiger partial charge in [0.2, 0.25) is 0 Å². The molecule has 1 nitrogen and oxygen atoms in total. The van der Waals surface area contributed by atoms with Crippen LogP contribution in [0.1, 0.15) is 5.56 Å². The maximum Gasteiger partial charge on any atom is 0.139 e. The summed E-state index contributed by atoms with van der Waals surface area (Å²) in [5.41, 5.74) is 1.97. The van der Waals surface area contributed by atoms with Gasteiger partial charge in [0, 0.05) is 5.02 Å². The van der Waals surface area contributed by atoms with E-state index in [4.69, 9.17) is 16.7 Å². The van der Waals surface area contributed by atoms with Crippen LogP contribution >= 0.6 is 11.6 Å². The quantitative estimate of drug-likeness (QED) is 0.569. The number of benzene rings is 1. The first-order valence-corrected chi connectivity index (χ1v) is 3.47. The normalized spacial score (nSPS) is 9.80. The second-order valence-electron chi connectivity index (χ2n) is 2.23. The fourth-order valence-electron chi connectivity index (χ4n) is 0.837. The van der Waals surface area contributed by atoms with Crippen LogP contribution in [0.4, 0.5) is 0 Å². The summed E-state index contributed by atoms with van der Waals surface area (Å²) < 4.78 is 0. The Bertz CT molecular complexity index is 237. The highest BCUT2D eigenvalue weighted by Crippen LogP contribution is 2.06. The number of hydrogen-bond acceptors (Lipinski definition) is 1. The van der Waals surface area contributed by atoms with Crippen LogP contribution in [0.25, 0.3) is 0 Å². The van der Waals surface area contributed by atoms with E-state index in [0.29, 0.717) is 0 Å². The van der Waals surface area contributed by atoms with Crippen molar-refractivity contribution in [1.29, 1.82) is 0 Å². The molecule has 0 unspecified atom stereocenters. The SMILES string of the molecule is Bc1cc(Cl)ccc1CO. The Kier molecular flexibility index (Phi) is 2.36. The van der Waals surface area contributed by atoms with Crippen LogP contribution in [0.5, 0.6) is 0 Å². The predicted molar refractivity (Wildman–Crippen MR) is 45.6 cm³/mol. The average Bonchev–Trinajstić information content (AvgIpc) is 1.88. The van der Waals surface area contributed by atoms with Crippen LogP contribution in [0.3, 0.4) is 0 Å². The van der Waals surface area contributed by atoms with Gasteiger partial charge in [0.1, 0.15) is 7.85 Å². The van der Waals surface area contributed by atoms with E-state index in [0.717, 1.165) is 16.0 Å². The van der Waals surface area contributed by atoms with Gasteiger partial charge >= 0.3 is 0 Å². The second-order valence-corrected chi connectivity index (χ2v) is 2.67. The smallest absolute Gasteiger partial charge is 0.139 e. The van der Waals surface area contributed by atoms with Crippen LogP contribution in [-0.2, 0) is 6.61 Å². The standard InChI is InChI=1S/C7H8BClO/c8-7-3-6(9)2-1-5(7)4-10/h1-3,10H,4,8H2. The lowest BCUT2D eigenvalue weighted by Crippen LogP contribution is -2.09. The van der Waals surface area contributed by atoms with Crippen molar-refractivity contribution in [2.75, 3.05) is 0 Å². The number of aliphatic hydroxyl groups is 1. The van der Waals surface area contributed by atoms with Crippen molar-refractivity contribution in [3.63, 3.8) is 0 Å². The Labute approximate surface area is 66.0 Å². The zero-order valence-corrected chi connectivity index (χ0v) is 6.52. The molecule has 0 aliphatic heterocycles. The molecule has 0 aliphatic carbocycles. The third-order valence-electron chi connectivity index (χ3n) is 1.47. The molecule has 0 fully saturated rings. The lowest BCUT2D eigenvalue weighted by atomic mass is 9.91. The molecule has 0 heterocycles. The van der Waals surface area contributed by atoms with Gasteiger partial charge in [-0.05, 0) is 17.7 Å². The van der Waals surface area contributed by atoms with E-state index >= 15 is 0 Å². The van der Waals surface area contributed by atoms with Gasteiger partial charge in [0.05, 0.1) is 6.61 Å². The molecule has 0 bridgehead atoms. The van der Waals surface area contributed by atoms with Crippen molar-refractivity contribution in [3.05, 3.63) is 28.8 Å². The average molecular weight is 154 g/mol. The molecule has 0 spiro atoms. The zero-order chi connectivity index (χ0) is 7.56. The molecular formula is C7H8BClO. The van der Waals surface area contributed by atoms with Crippen molar-refractivity contribution in [1.82, 2.24) is 0 Å². The monoisotopic (exact) mass is 154 g/mol. The van der Waals surface area contributed by atoms with Gasteiger partial charge in [-0.3, -0.25) is 0 Å². The molecule has 0 amide bonds. The van der Waals surface area contributed by atoms with Crippen molar-refractivity contribution in [2.24, 2.45) is 0 Å². The Hall–Kier alpha value is -0.465. The molecule has 1 N–H and O–H groups in total. The molecule has 52 valence electrons. The minimum Gasteiger partial charge on any atom is -0.392 e. The summed E-state index contributed by atoms with van der Waals surface area (Å²) in [5.74, 6) is 0. The highest BCUT2D eigenvalue weighted by molar-refractivity contribution is 6.36. The van der Waals surface area contributed by atoms with Crippen LogP contribution < -0.4 is 5.46 Å². The maximum absolute atomic E-state index is 8.77. The van der Waals surface area contributed by atoms with Crippen LogP contribution in [-0.4, -0.2) is 13.0 Å². The van der Waals surface area contributed by atoms with Crippen LogP contribution in [0.15, 0.2) is 18.2 Å². The molecule has 1 aromatic carbocycles. The Balaban J connectivity index is 3.07. The summed E-state index contributed by atoms with van der Waals surface area (Å²) >= 11 is 5.69. The van der Waals surface area contributed by atoms with Gasteiger partial charge < -0.3 is 5.11 Å². The van der Waals surface area contributed by atoms with Gasteiger partial charge in [0.15, 0.2) is 0 Å². The Morgan fingerprint density at radius 3 is 2.70 bits per heavy atom. The van der Waals surface area contributed by atoms with E-state index in [1.807, 2.05) is 20.0 Å². The highest BCUT2D eigenvalue weighted by atomic mass is 35.5. The van der Waals surface area contributed by atoms with E-state index in [9.17, 15) is 0 Å². The third kappa shape index (κ3) is 1.52. The van der Waals surface area contributed by atoms with Gasteiger partial charge in [-0.1, -0.05) is 23.1 Å². The first-order valence-electron chi connectivity index (χ1n) is 3.10. The summed E-state index contributed by atoms with van der Waals surface area (Å²) in [6.45, 7) is 0.0863. The molecule has 0 saturated heterocycles. The summed E-state index contributed by atoms with van der Waals surface area (Å²) in [6, 6.07) is 5.45. The van der Waals surface area contributed by atoms with Crippen LogP contribution in [0, 0.1) is 0 Å². The summed E-state index contributed by atoms with van der Waals surface area (Å²) in [7, 11) is 1.93. The van der Waals surface area contributed by atoms with Crippen molar-refractivity contribution in [2.45, 2.75) is 6.61 Å². The molecule has 3 heteroatoms. The fourth-order valence-corrected chi connectivity index (χ4v) is 1.06. The highest BCUT2D eigenvalue weighted by Gasteiger charge is 1.95. The van der Waals surface area contributed by atoms with Crippen molar-refractivity contribution < 1.29 is 5.11 Å². The first-order chi connectivity index (χ1) is 4.74. The lowest BCUT2D eigenvalue weighted by molar-refractivity contribution is 0.283. The largest absolute Gasteiger partial charge is 0.392 e. The fraction of sp³-hybridized carbons (Fsp3) is 0.143. The molecule has 1 aromatic rings. The molecule has 1 rings (SSSR count). The molecular weight excluding hydrogens is 146 g/mol. The van der Waals surface area contributed by atoms with Crippen molar-refractivity contribution >= 4 is 24.9 Å². The van der Waals surface area contributed by atoms with Gasteiger partial charge in [-0.15, -0.1) is 0 Å². The van der Waals surface area contributed by atoms with Gasteiger partial charge in [0.25, 0.3) is 0 Å².